The number of carbonyl (C=O) groups is 1. The van der Waals surface area contributed by atoms with Crippen molar-refractivity contribution >= 4 is 5.91 Å². The molecular weight excluding hydrogens is 390 g/mol. The van der Waals surface area contributed by atoms with Crippen molar-refractivity contribution in [1.82, 2.24) is 15.4 Å². The monoisotopic (exact) mass is 419 g/mol. The molecule has 1 saturated heterocycles. The Balaban J connectivity index is 1.46. The lowest BCUT2D eigenvalue weighted by Crippen LogP contribution is -2.40. The third-order valence-corrected chi connectivity index (χ3v) is 5.59. The van der Waals surface area contributed by atoms with Gasteiger partial charge in [-0.3, -0.25) is 4.79 Å². The van der Waals surface area contributed by atoms with Crippen molar-refractivity contribution in [2.24, 2.45) is 0 Å². The molecule has 0 bridgehead atoms. The van der Waals surface area contributed by atoms with E-state index in [2.05, 4.69) is 27.5 Å². The van der Waals surface area contributed by atoms with Crippen LogP contribution in [0, 0.1) is 0 Å². The molecule has 0 saturated carbocycles. The Morgan fingerprint density at radius 3 is 2.55 bits per heavy atom. The van der Waals surface area contributed by atoms with Crippen LogP contribution in [-0.4, -0.2) is 42.2 Å². The highest BCUT2D eigenvalue weighted by Crippen LogP contribution is 2.24. The summed E-state index contributed by atoms with van der Waals surface area (Å²) < 4.78 is 10.9. The lowest BCUT2D eigenvalue weighted by molar-refractivity contribution is 0.0911. The molecule has 31 heavy (non-hydrogen) atoms. The van der Waals surface area contributed by atoms with Crippen LogP contribution in [0.4, 0.5) is 0 Å². The summed E-state index contributed by atoms with van der Waals surface area (Å²) in [5.41, 5.74) is 2.23. The van der Waals surface area contributed by atoms with Gasteiger partial charge in [0, 0.05) is 18.2 Å². The number of rotatable bonds is 8. The largest absolute Gasteiger partial charge is 0.494 e. The highest BCUT2D eigenvalue weighted by molar-refractivity contribution is 5.93. The molecule has 3 aromatic rings. The van der Waals surface area contributed by atoms with Crippen molar-refractivity contribution in [3.05, 3.63) is 71.9 Å². The lowest BCUT2D eigenvalue weighted by Gasteiger charge is -2.31. The maximum atomic E-state index is 13.0. The van der Waals surface area contributed by atoms with E-state index in [1.165, 1.54) is 19.3 Å². The van der Waals surface area contributed by atoms with Gasteiger partial charge in [0.05, 0.1) is 12.6 Å². The zero-order valence-electron chi connectivity index (χ0n) is 17.9. The van der Waals surface area contributed by atoms with E-state index >= 15 is 0 Å². The summed E-state index contributed by atoms with van der Waals surface area (Å²) in [6, 6.07) is 19.3. The number of carbonyl (C=O) groups excluding carboxylic acids is 1. The highest BCUT2D eigenvalue weighted by atomic mass is 16.5. The van der Waals surface area contributed by atoms with Gasteiger partial charge >= 0.3 is 0 Å². The van der Waals surface area contributed by atoms with Crippen LogP contribution in [0.3, 0.4) is 0 Å². The van der Waals surface area contributed by atoms with Crippen LogP contribution in [0.1, 0.15) is 48.3 Å². The van der Waals surface area contributed by atoms with E-state index in [1.54, 1.807) is 6.07 Å². The van der Waals surface area contributed by atoms with E-state index in [0.29, 0.717) is 12.4 Å². The molecule has 1 fully saturated rings. The molecule has 1 aromatic heterocycles. The average Bonchev–Trinajstić information content (AvgIpc) is 3.31. The van der Waals surface area contributed by atoms with Crippen molar-refractivity contribution in [3.63, 3.8) is 0 Å². The van der Waals surface area contributed by atoms with Gasteiger partial charge in [-0.25, -0.2) is 0 Å². The molecule has 1 amide bonds. The van der Waals surface area contributed by atoms with E-state index in [1.807, 2.05) is 49.4 Å². The second-order valence-electron chi connectivity index (χ2n) is 7.83. The molecule has 1 aliphatic rings. The molecule has 2 aromatic carbocycles. The second kappa shape index (κ2) is 10.3. The zero-order chi connectivity index (χ0) is 21.5. The number of likely N-dealkylation sites (tertiary alicyclic amines) is 1. The average molecular weight is 420 g/mol. The Morgan fingerprint density at radius 1 is 1.10 bits per heavy atom. The smallest absolute Gasteiger partial charge is 0.274 e. The minimum atomic E-state index is -0.230. The molecule has 0 aliphatic carbocycles. The molecule has 6 nitrogen and oxygen atoms in total. The van der Waals surface area contributed by atoms with Crippen LogP contribution in [0.5, 0.6) is 5.75 Å². The summed E-state index contributed by atoms with van der Waals surface area (Å²) in [6.45, 7) is 5.50. The molecule has 1 aliphatic heterocycles. The van der Waals surface area contributed by atoms with Crippen LogP contribution >= 0.6 is 0 Å². The van der Waals surface area contributed by atoms with E-state index in [4.69, 9.17) is 9.26 Å². The first kappa shape index (κ1) is 21.1. The Bertz CT molecular complexity index is 963. The molecule has 1 N–H and O–H groups in total. The van der Waals surface area contributed by atoms with Crippen molar-refractivity contribution < 1.29 is 14.1 Å². The summed E-state index contributed by atoms with van der Waals surface area (Å²) in [7, 11) is 0. The summed E-state index contributed by atoms with van der Waals surface area (Å²) in [5.74, 6) is 1.12. The molecular formula is C25H29N3O3. The van der Waals surface area contributed by atoms with Gasteiger partial charge in [-0.05, 0) is 62.7 Å². The quantitative estimate of drug-likeness (QED) is 0.573. The number of hydrogen-bond acceptors (Lipinski definition) is 5. The molecule has 162 valence electrons. The van der Waals surface area contributed by atoms with Crippen LogP contribution in [-0.2, 0) is 0 Å². The van der Waals surface area contributed by atoms with Gasteiger partial charge in [-0.15, -0.1) is 0 Å². The first-order chi connectivity index (χ1) is 15.2. The summed E-state index contributed by atoms with van der Waals surface area (Å²) in [6.07, 6.45) is 3.71. The molecule has 4 rings (SSSR count). The predicted molar refractivity (Wildman–Crippen MR) is 120 cm³/mol. The SMILES string of the molecule is CCOc1ccc(-c2cc(C(=O)N[C@@H](CN3CCCCC3)c3ccccc3)no2)cc1. The minimum Gasteiger partial charge on any atom is -0.494 e. The maximum Gasteiger partial charge on any atom is 0.274 e. The number of nitrogens with one attached hydrogen (secondary N) is 1. The summed E-state index contributed by atoms with van der Waals surface area (Å²) in [4.78, 5) is 15.4. The molecule has 2 heterocycles. The standard InChI is InChI=1S/C25H29N3O3/c1-2-30-21-13-11-20(12-14-21)24-17-22(27-31-24)25(29)26-23(19-9-5-3-6-10-19)18-28-15-7-4-8-16-28/h3,5-6,9-14,17,23H,2,4,7-8,15-16,18H2,1H3,(H,26,29)/t23-/m0/s1. The molecule has 0 spiro atoms. The fourth-order valence-corrected chi connectivity index (χ4v) is 3.95. The summed E-state index contributed by atoms with van der Waals surface area (Å²) in [5, 5.41) is 7.18. The number of nitrogens with zero attached hydrogens (tertiary/aromatic N) is 2. The molecule has 1 atom stereocenters. The van der Waals surface area contributed by atoms with E-state index in [-0.39, 0.29) is 17.6 Å². The third-order valence-electron chi connectivity index (χ3n) is 5.59. The van der Waals surface area contributed by atoms with Crippen LogP contribution in [0.25, 0.3) is 11.3 Å². The molecule has 0 unspecified atom stereocenters. The van der Waals surface area contributed by atoms with Gasteiger partial charge in [-0.2, -0.15) is 0 Å². The van der Waals surface area contributed by atoms with Gasteiger partial charge in [0.1, 0.15) is 5.75 Å². The topological polar surface area (TPSA) is 67.6 Å². The van der Waals surface area contributed by atoms with Gasteiger partial charge in [-0.1, -0.05) is 41.9 Å². The number of aromatic nitrogens is 1. The number of amides is 1. The number of benzene rings is 2. The normalized spacial score (nSPS) is 15.4. The summed E-state index contributed by atoms with van der Waals surface area (Å²) >= 11 is 0. The van der Waals surface area contributed by atoms with Crippen LogP contribution < -0.4 is 10.1 Å². The maximum absolute atomic E-state index is 13.0. The van der Waals surface area contributed by atoms with Crippen molar-refractivity contribution in [2.45, 2.75) is 32.2 Å². The first-order valence-corrected chi connectivity index (χ1v) is 11.0. The predicted octanol–water partition coefficient (Wildman–Crippen LogP) is 4.70. The van der Waals surface area contributed by atoms with Gasteiger partial charge < -0.3 is 19.5 Å². The fraction of sp³-hybridized carbons (Fsp3) is 0.360. The molecule has 0 radical (unpaired) electrons. The Kier molecular flexibility index (Phi) is 6.99. The van der Waals surface area contributed by atoms with E-state index in [9.17, 15) is 4.79 Å². The van der Waals surface area contributed by atoms with E-state index in [0.717, 1.165) is 36.5 Å². The van der Waals surface area contributed by atoms with Crippen molar-refractivity contribution in [1.29, 1.82) is 0 Å². The zero-order valence-corrected chi connectivity index (χ0v) is 17.9. The van der Waals surface area contributed by atoms with Gasteiger partial charge in [0.15, 0.2) is 11.5 Å². The Labute approximate surface area is 183 Å². The van der Waals surface area contributed by atoms with E-state index < -0.39 is 0 Å². The number of hydrogen-bond donors (Lipinski definition) is 1. The van der Waals surface area contributed by atoms with Gasteiger partial charge in [0.2, 0.25) is 0 Å². The fourth-order valence-electron chi connectivity index (χ4n) is 3.95. The minimum absolute atomic E-state index is 0.0996. The third kappa shape index (κ3) is 5.52. The Morgan fingerprint density at radius 2 is 1.84 bits per heavy atom. The lowest BCUT2D eigenvalue weighted by atomic mass is 10.0. The van der Waals surface area contributed by atoms with Gasteiger partial charge in [0.25, 0.3) is 5.91 Å². The molecule has 6 heteroatoms. The Hall–Kier alpha value is -3.12. The van der Waals surface area contributed by atoms with Crippen molar-refractivity contribution in [2.75, 3.05) is 26.2 Å². The van der Waals surface area contributed by atoms with Crippen molar-refractivity contribution in [3.8, 4) is 17.1 Å². The highest BCUT2D eigenvalue weighted by Gasteiger charge is 2.22. The first-order valence-electron chi connectivity index (χ1n) is 11.0. The van der Waals surface area contributed by atoms with Crippen LogP contribution in [0.15, 0.2) is 65.2 Å². The van der Waals surface area contributed by atoms with Crippen LogP contribution in [0.2, 0.25) is 0 Å². The number of ether oxygens (including phenoxy) is 1. The number of piperidine rings is 1. The second-order valence-corrected chi connectivity index (χ2v) is 7.83.